The summed E-state index contributed by atoms with van der Waals surface area (Å²) >= 11 is 0. The molecule has 0 aliphatic carbocycles. The van der Waals surface area contributed by atoms with Crippen molar-refractivity contribution >= 4 is 11.7 Å². The molecule has 0 unspecified atom stereocenters. The quantitative estimate of drug-likeness (QED) is 0.518. The number of hydrogen-bond donors (Lipinski definition) is 1. The fraction of sp³-hybridized carbons (Fsp3) is 0.650. The molecule has 1 N–H and O–H groups in total. The van der Waals surface area contributed by atoms with Gasteiger partial charge in [-0.05, 0) is 37.8 Å². The first-order valence-electron chi connectivity index (χ1n) is 9.47. The number of rotatable bonds is 10. The smallest absolute Gasteiger partial charge is 0.305 e. The van der Waals surface area contributed by atoms with Gasteiger partial charge in [0.1, 0.15) is 0 Å². The van der Waals surface area contributed by atoms with Crippen molar-refractivity contribution in [3.8, 4) is 0 Å². The molecule has 0 aromatic heterocycles. The van der Waals surface area contributed by atoms with Crippen LogP contribution in [0.2, 0.25) is 0 Å². The minimum Gasteiger partial charge on any atom is -0.466 e. The van der Waals surface area contributed by atoms with Gasteiger partial charge in [0.05, 0.1) is 6.61 Å². The zero-order valence-electron chi connectivity index (χ0n) is 15.0. The summed E-state index contributed by atoms with van der Waals surface area (Å²) in [5.41, 5.74) is 1.21. The van der Waals surface area contributed by atoms with Gasteiger partial charge in [-0.15, -0.1) is 0 Å². The summed E-state index contributed by atoms with van der Waals surface area (Å²) in [5.74, 6) is -0.0331. The molecule has 1 saturated heterocycles. The van der Waals surface area contributed by atoms with Crippen molar-refractivity contribution in [2.24, 2.45) is 0 Å². The van der Waals surface area contributed by atoms with E-state index in [9.17, 15) is 4.79 Å². The molecule has 2 rings (SSSR count). The highest BCUT2D eigenvalue weighted by Gasteiger charge is 2.18. The van der Waals surface area contributed by atoms with Gasteiger partial charge in [0.25, 0.3) is 0 Å². The Balaban J connectivity index is 1.51. The van der Waals surface area contributed by atoms with Gasteiger partial charge in [-0.1, -0.05) is 38.0 Å². The second kappa shape index (κ2) is 11.1. The van der Waals surface area contributed by atoms with Crippen LogP contribution in [-0.4, -0.2) is 43.2 Å². The Morgan fingerprint density at radius 2 is 1.92 bits per heavy atom. The molecule has 1 aliphatic rings. The molecule has 1 aromatic rings. The number of para-hydroxylation sites is 1. The number of esters is 1. The summed E-state index contributed by atoms with van der Waals surface area (Å²) in [6.45, 7) is 5.97. The van der Waals surface area contributed by atoms with Crippen LogP contribution in [0.25, 0.3) is 0 Å². The van der Waals surface area contributed by atoms with Gasteiger partial charge in [-0.25, -0.2) is 0 Å². The number of anilines is 1. The highest BCUT2D eigenvalue weighted by atomic mass is 16.5. The highest BCUT2D eigenvalue weighted by molar-refractivity contribution is 5.69. The number of piperidine rings is 1. The van der Waals surface area contributed by atoms with E-state index in [1.54, 1.807) is 0 Å². The summed E-state index contributed by atoms with van der Waals surface area (Å²) in [4.78, 5) is 14.0. The molecule has 0 atom stereocenters. The van der Waals surface area contributed by atoms with Crippen molar-refractivity contribution in [1.29, 1.82) is 0 Å². The Bertz CT molecular complexity index is 456. The van der Waals surface area contributed by atoms with Crippen LogP contribution in [0.1, 0.15) is 51.9 Å². The van der Waals surface area contributed by atoms with Crippen LogP contribution in [0.15, 0.2) is 30.3 Å². The van der Waals surface area contributed by atoms with Crippen molar-refractivity contribution in [2.45, 2.75) is 57.9 Å². The molecule has 0 radical (unpaired) electrons. The van der Waals surface area contributed by atoms with E-state index < -0.39 is 0 Å². The monoisotopic (exact) mass is 332 g/mol. The third-order valence-corrected chi connectivity index (χ3v) is 4.60. The number of benzene rings is 1. The first kappa shape index (κ1) is 18.8. The molecule has 0 bridgehead atoms. The fourth-order valence-electron chi connectivity index (χ4n) is 3.14. The van der Waals surface area contributed by atoms with Gasteiger partial charge in [0.15, 0.2) is 0 Å². The van der Waals surface area contributed by atoms with Crippen molar-refractivity contribution in [3.05, 3.63) is 30.3 Å². The Labute approximate surface area is 146 Å². The molecule has 0 amide bonds. The molecule has 4 heteroatoms. The standard InChI is InChI=1S/C20H32N2O2/c1-2-3-5-11-20(23)24-17-8-14-22-15-12-19(13-16-22)21-18-9-6-4-7-10-18/h4,6-7,9-10,19,21H,2-3,5,8,11-17H2,1H3. The number of likely N-dealkylation sites (tertiary alicyclic amines) is 1. The Morgan fingerprint density at radius 3 is 2.62 bits per heavy atom. The Kier molecular flexibility index (Phi) is 8.67. The molecule has 0 saturated carbocycles. The number of nitrogens with one attached hydrogen (secondary N) is 1. The molecule has 24 heavy (non-hydrogen) atoms. The summed E-state index contributed by atoms with van der Waals surface area (Å²) in [6, 6.07) is 11.0. The maximum atomic E-state index is 11.5. The maximum Gasteiger partial charge on any atom is 0.305 e. The lowest BCUT2D eigenvalue weighted by molar-refractivity contribution is -0.144. The SMILES string of the molecule is CCCCCC(=O)OCCCN1CCC(Nc2ccccc2)CC1. The van der Waals surface area contributed by atoms with E-state index >= 15 is 0 Å². The minimum atomic E-state index is -0.0331. The van der Waals surface area contributed by atoms with Gasteiger partial charge in [-0.3, -0.25) is 4.79 Å². The van der Waals surface area contributed by atoms with Crippen LogP contribution >= 0.6 is 0 Å². The van der Waals surface area contributed by atoms with Crippen LogP contribution in [-0.2, 0) is 9.53 Å². The van der Waals surface area contributed by atoms with Gasteiger partial charge in [-0.2, -0.15) is 0 Å². The summed E-state index contributed by atoms with van der Waals surface area (Å²) in [7, 11) is 0. The van der Waals surface area contributed by atoms with Crippen LogP contribution in [0, 0.1) is 0 Å². The molecule has 4 nitrogen and oxygen atoms in total. The summed E-state index contributed by atoms with van der Waals surface area (Å²) in [6.07, 6.45) is 7.07. The minimum absolute atomic E-state index is 0.0331. The molecular formula is C20H32N2O2. The van der Waals surface area contributed by atoms with Crippen LogP contribution in [0.5, 0.6) is 0 Å². The zero-order valence-corrected chi connectivity index (χ0v) is 15.0. The third kappa shape index (κ3) is 7.35. The first-order valence-corrected chi connectivity index (χ1v) is 9.47. The fourth-order valence-corrected chi connectivity index (χ4v) is 3.14. The van der Waals surface area contributed by atoms with Crippen LogP contribution < -0.4 is 5.32 Å². The Hall–Kier alpha value is -1.55. The number of carbonyl (C=O) groups excluding carboxylic acids is 1. The van der Waals surface area contributed by atoms with E-state index in [2.05, 4.69) is 41.4 Å². The van der Waals surface area contributed by atoms with Gasteiger partial charge in [0.2, 0.25) is 0 Å². The molecular weight excluding hydrogens is 300 g/mol. The number of carbonyl (C=O) groups is 1. The molecule has 1 aromatic carbocycles. The lowest BCUT2D eigenvalue weighted by atomic mass is 10.0. The number of nitrogens with zero attached hydrogens (tertiary/aromatic N) is 1. The Morgan fingerprint density at radius 1 is 1.17 bits per heavy atom. The lowest BCUT2D eigenvalue weighted by Gasteiger charge is -2.32. The number of ether oxygens (including phenoxy) is 1. The van der Waals surface area contributed by atoms with Gasteiger partial charge < -0.3 is 15.0 Å². The van der Waals surface area contributed by atoms with E-state index in [4.69, 9.17) is 4.74 Å². The molecule has 1 aliphatic heterocycles. The van der Waals surface area contributed by atoms with E-state index in [0.717, 1.165) is 45.3 Å². The second-order valence-corrected chi connectivity index (χ2v) is 6.66. The van der Waals surface area contributed by atoms with Crippen molar-refractivity contribution in [3.63, 3.8) is 0 Å². The second-order valence-electron chi connectivity index (χ2n) is 6.66. The summed E-state index contributed by atoms with van der Waals surface area (Å²) < 4.78 is 5.30. The van der Waals surface area contributed by atoms with Crippen LogP contribution in [0.3, 0.4) is 0 Å². The first-order chi connectivity index (χ1) is 11.8. The van der Waals surface area contributed by atoms with Crippen molar-refractivity contribution < 1.29 is 9.53 Å². The van der Waals surface area contributed by atoms with Crippen molar-refractivity contribution in [2.75, 3.05) is 31.6 Å². The van der Waals surface area contributed by atoms with Gasteiger partial charge in [0, 0.05) is 37.8 Å². The average Bonchev–Trinajstić information content (AvgIpc) is 2.61. The van der Waals surface area contributed by atoms with Gasteiger partial charge >= 0.3 is 5.97 Å². The predicted octanol–water partition coefficient (Wildman–Crippen LogP) is 4.08. The molecule has 1 heterocycles. The van der Waals surface area contributed by atoms with E-state index in [-0.39, 0.29) is 5.97 Å². The maximum absolute atomic E-state index is 11.5. The normalized spacial score (nSPS) is 16.0. The highest BCUT2D eigenvalue weighted by Crippen LogP contribution is 2.16. The topological polar surface area (TPSA) is 41.6 Å². The van der Waals surface area contributed by atoms with Crippen molar-refractivity contribution in [1.82, 2.24) is 4.90 Å². The number of unbranched alkanes of at least 4 members (excludes halogenated alkanes) is 2. The van der Waals surface area contributed by atoms with E-state index in [1.165, 1.54) is 18.5 Å². The number of hydrogen-bond acceptors (Lipinski definition) is 4. The molecule has 0 spiro atoms. The zero-order chi connectivity index (χ0) is 17.0. The third-order valence-electron chi connectivity index (χ3n) is 4.60. The largest absolute Gasteiger partial charge is 0.466 e. The lowest BCUT2D eigenvalue weighted by Crippen LogP contribution is -2.39. The van der Waals surface area contributed by atoms with Crippen LogP contribution in [0.4, 0.5) is 5.69 Å². The summed E-state index contributed by atoms with van der Waals surface area (Å²) in [5, 5.41) is 3.61. The molecule has 134 valence electrons. The average molecular weight is 332 g/mol. The molecule has 1 fully saturated rings. The van der Waals surface area contributed by atoms with E-state index in [0.29, 0.717) is 19.1 Å². The van der Waals surface area contributed by atoms with E-state index in [1.807, 2.05) is 6.07 Å². The predicted molar refractivity (Wildman–Crippen MR) is 99.2 cm³/mol.